The van der Waals surface area contributed by atoms with E-state index < -0.39 is 5.60 Å². The molecule has 0 aromatic heterocycles. The minimum Gasteiger partial charge on any atom is -0.389 e. The van der Waals surface area contributed by atoms with Gasteiger partial charge in [0.25, 0.3) is 0 Å². The summed E-state index contributed by atoms with van der Waals surface area (Å²) in [6.07, 6.45) is 3.40. The predicted molar refractivity (Wildman–Crippen MR) is 64.1 cm³/mol. The second kappa shape index (κ2) is 5.83. The van der Waals surface area contributed by atoms with Gasteiger partial charge in [0.05, 0.1) is 5.60 Å². The van der Waals surface area contributed by atoms with E-state index in [0.717, 1.165) is 32.6 Å². The summed E-state index contributed by atoms with van der Waals surface area (Å²) in [6.45, 7) is 10.2. The lowest BCUT2D eigenvalue weighted by Gasteiger charge is -2.31. The lowest BCUT2D eigenvalue weighted by Crippen LogP contribution is -2.45. The SMILES string of the molecule is CCN(CC1CCCN1)CC(C)(O)CC. The van der Waals surface area contributed by atoms with Gasteiger partial charge in [0.15, 0.2) is 0 Å². The lowest BCUT2D eigenvalue weighted by atomic mass is 10.0. The highest BCUT2D eigenvalue weighted by atomic mass is 16.3. The van der Waals surface area contributed by atoms with Crippen LogP contribution in [0.5, 0.6) is 0 Å². The van der Waals surface area contributed by atoms with Crippen molar-refractivity contribution in [2.75, 3.05) is 26.2 Å². The molecule has 3 heteroatoms. The van der Waals surface area contributed by atoms with Crippen LogP contribution in [0.15, 0.2) is 0 Å². The summed E-state index contributed by atoms with van der Waals surface area (Å²) in [5, 5.41) is 13.5. The maximum atomic E-state index is 10.0. The standard InChI is InChI=1S/C12H26N2O/c1-4-12(3,15)10-14(5-2)9-11-7-6-8-13-11/h11,13,15H,4-10H2,1-3H3. The summed E-state index contributed by atoms with van der Waals surface area (Å²) < 4.78 is 0. The molecule has 0 aromatic rings. The van der Waals surface area contributed by atoms with Crippen molar-refractivity contribution in [1.29, 1.82) is 0 Å². The van der Waals surface area contributed by atoms with Crippen molar-refractivity contribution in [3.63, 3.8) is 0 Å². The van der Waals surface area contributed by atoms with Gasteiger partial charge in [0.1, 0.15) is 0 Å². The zero-order valence-electron chi connectivity index (χ0n) is 10.4. The molecule has 0 aromatic carbocycles. The van der Waals surface area contributed by atoms with Crippen LogP contribution in [0.4, 0.5) is 0 Å². The van der Waals surface area contributed by atoms with Gasteiger partial charge in [-0.05, 0) is 39.3 Å². The third-order valence-electron chi connectivity index (χ3n) is 3.41. The maximum absolute atomic E-state index is 10.0. The van der Waals surface area contributed by atoms with E-state index in [4.69, 9.17) is 0 Å². The maximum Gasteiger partial charge on any atom is 0.0743 e. The Labute approximate surface area is 93.9 Å². The zero-order valence-corrected chi connectivity index (χ0v) is 10.4. The van der Waals surface area contributed by atoms with Gasteiger partial charge in [0, 0.05) is 19.1 Å². The van der Waals surface area contributed by atoms with E-state index in [2.05, 4.69) is 17.1 Å². The monoisotopic (exact) mass is 214 g/mol. The van der Waals surface area contributed by atoms with E-state index in [-0.39, 0.29) is 0 Å². The van der Waals surface area contributed by atoms with Gasteiger partial charge in [-0.25, -0.2) is 0 Å². The normalized spacial score (nSPS) is 25.8. The summed E-state index contributed by atoms with van der Waals surface area (Å²) in [5.74, 6) is 0. The Hall–Kier alpha value is -0.120. The number of hydrogen-bond acceptors (Lipinski definition) is 3. The molecule has 0 aliphatic carbocycles. The average molecular weight is 214 g/mol. The van der Waals surface area contributed by atoms with Crippen LogP contribution in [0.25, 0.3) is 0 Å². The molecular formula is C12H26N2O. The Balaban J connectivity index is 2.34. The third-order valence-corrected chi connectivity index (χ3v) is 3.41. The number of hydrogen-bond donors (Lipinski definition) is 2. The second-order valence-electron chi connectivity index (χ2n) is 4.97. The lowest BCUT2D eigenvalue weighted by molar-refractivity contribution is 0.0158. The minimum atomic E-state index is -0.533. The highest BCUT2D eigenvalue weighted by Crippen LogP contribution is 2.13. The first-order valence-electron chi connectivity index (χ1n) is 6.25. The fourth-order valence-corrected chi connectivity index (χ4v) is 2.12. The number of likely N-dealkylation sites (N-methyl/N-ethyl adjacent to an activating group) is 1. The van der Waals surface area contributed by atoms with Crippen molar-refractivity contribution in [3.8, 4) is 0 Å². The van der Waals surface area contributed by atoms with Gasteiger partial charge in [-0.1, -0.05) is 13.8 Å². The molecule has 1 aliphatic heterocycles. The van der Waals surface area contributed by atoms with Crippen LogP contribution in [0.3, 0.4) is 0 Å². The largest absolute Gasteiger partial charge is 0.389 e. The summed E-state index contributed by atoms with van der Waals surface area (Å²) in [7, 11) is 0. The van der Waals surface area contributed by atoms with Crippen LogP contribution in [0.1, 0.15) is 40.0 Å². The molecule has 2 atom stereocenters. The summed E-state index contributed by atoms with van der Waals surface area (Å²) in [6, 6.07) is 0.637. The van der Waals surface area contributed by atoms with Crippen molar-refractivity contribution < 1.29 is 5.11 Å². The predicted octanol–water partition coefficient (Wildman–Crippen LogP) is 1.22. The van der Waals surface area contributed by atoms with Crippen LogP contribution >= 0.6 is 0 Å². The molecule has 3 nitrogen and oxygen atoms in total. The number of rotatable bonds is 6. The zero-order chi connectivity index (χ0) is 11.3. The average Bonchev–Trinajstić information content (AvgIpc) is 2.69. The molecule has 0 saturated carbocycles. The Morgan fingerprint density at radius 1 is 1.47 bits per heavy atom. The van der Waals surface area contributed by atoms with E-state index in [1.807, 2.05) is 13.8 Å². The van der Waals surface area contributed by atoms with Gasteiger partial charge in [-0.2, -0.15) is 0 Å². The number of nitrogens with zero attached hydrogens (tertiary/aromatic N) is 1. The van der Waals surface area contributed by atoms with Gasteiger partial charge < -0.3 is 10.4 Å². The number of nitrogens with one attached hydrogen (secondary N) is 1. The van der Waals surface area contributed by atoms with E-state index in [1.165, 1.54) is 12.8 Å². The molecule has 0 radical (unpaired) electrons. The highest BCUT2D eigenvalue weighted by molar-refractivity contribution is 4.81. The first-order chi connectivity index (χ1) is 7.07. The minimum absolute atomic E-state index is 0.533. The third kappa shape index (κ3) is 4.49. The highest BCUT2D eigenvalue weighted by Gasteiger charge is 2.23. The Morgan fingerprint density at radius 3 is 2.67 bits per heavy atom. The van der Waals surface area contributed by atoms with E-state index in [1.54, 1.807) is 0 Å². The molecule has 1 saturated heterocycles. The fraction of sp³-hybridized carbons (Fsp3) is 1.00. The van der Waals surface area contributed by atoms with Crippen molar-refractivity contribution >= 4 is 0 Å². The van der Waals surface area contributed by atoms with Gasteiger partial charge in [0.2, 0.25) is 0 Å². The molecule has 0 spiro atoms. The summed E-state index contributed by atoms with van der Waals surface area (Å²) in [5.41, 5.74) is -0.533. The molecule has 15 heavy (non-hydrogen) atoms. The second-order valence-corrected chi connectivity index (χ2v) is 4.97. The molecule has 1 rings (SSSR count). The molecule has 2 unspecified atom stereocenters. The van der Waals surface area contributed by atoms with Gasteiger partial charge >= 0.3 is 0 Å². The molecular weight excluding hydrogens is 188 g/mol. The summed E-state index contributed by atoms with van der Waals surface area (Å²) in [4.78, 5) is 2.35. The topological polar surface area (TPSA) is 35.5 Å². The molecule has 1 aliphatic rings. The summed E-state index contributed by atoms with van der Waals surface area (Å²) >= 11 is 0. The first kappa shape index (κ1) is 12.9. The van der Waals surface area contributed by atoms with E-state index in [0.29, 0.717) is 6.04 Å². The van der Waals surface area contributed by atoms with Crippen LogP contribution in [-0.2, 0) is 0 Å². The van der Waals surface area contributed by atoms with Crippen LogP contribution in [0, 0.1) is 0 Å². The van der Waals surface area contributed by atoms with Crippen molar-refractivity contribution in [2.45, 2.75) is 51.7 Å². The molecule has 0 bridgehead atoms. The van der Waals surface area contributed by atoms with Crippen molar-refractivity contribution in [2.24, 2.45) is 0 Å². The molecule has 2 N–H and O–H groups in total. The molecule has 0 amide bonds. The fourth-order valence-electron chi connectivity index (χ4n) is 2.12. The van der Waals surface area contributed by atoms with E-state index >= 15 is 0 Å². The van der Waals surface area contributed by atoms with Crippen molar-refractivity contribution in [1.82, 2.24) is 10.2 Å². The Kier molecular flexibility index (Phi) is 5.03. The van der Waals surface area contributed by atoms with Gasteiger partial charge in [-0.3, -0.25) is 4.90 Å². The molecule has 1 heterocycles. The van der Waals surface area contributed by atoms with Crippen LogP contribution < -0.4 is 5.32 Å². The quantitative estimate of drug-likeness (QED) is 0.698. The van der Waals surface area contributed by atoms with E-state index in [9.17, 15) is 5.11 Å². The first-order valence-corrected chi connectivity index (χ1v) is 6.25. The Morgan fingerprint density at radius 2 is 2.20 bits per heavy atom. The molecule has 90 valence electrons. The molecule has 1 fully saturated rings. The van der Waals surface area contributed by atoms with Crippen LogP contribution in [-0.4, -0.2) is 47.8 Å². The number of aliphatic hydroxyl groups is 1. The Bertz CT molecular complexity index is 176. The van der Waals surface area contributed by atoms with Crippen molar-refractivity contribution in [3.05, 3.63) is 0 Å². The van der Waals surface area contributed by atoms with Gasteiger partial charge in [-0.15, -0.1) is 0 Å². The smallest absolute Gasteiger partial charge is 0.0743 e. The van der Waals surface area contributed by atoms with Crippen LogP contribution in [0.2, 0.25) is 0 Å².